The number of aliphatic hydroxyl groups excluding tert-OH is 3. The fourth-order valence-corrected chi connectivity index (χ4v) is 2.40. The number of unbranched alkanes of at least 4 members (excludes halogenated alkanes) is 7. The van der Waals surface area contributed by atoms with Crippen LogP contribution in [0, 0.1) is 0 Å². The molecule has 0 aromatic carbocycles. The minimum Gasteiger partial charge on any atom is -0.393 e. The highest BCUT2D eigenvalue weighted by molar-refractivity contribution is 5.89. The molecule has 0 aliphatic carbocycles. The standard InChI is InChI=1S/C21H36O6/c1-2-3-4-5-6-7-8-9-10-11-12-13-14-15-16-18(23)20(25)27-21(26)19(24)17-22/h6-7,9-10,18-19,22-24H,2-5,8,11-17H2,1H3/b7-6-,10-9-. The molecule has 0 fully saturated rings. The predicted molar refractivity (Wildman–Crippen MR) is 105 cm³/mol. The number of carbonyl (C=O) groups excluding carboxylic acids is 2. The van der Waals surface area contributed by atoms with E-state index in [-0.39, 0.29) is 6.42 Å². The van der Waals surface area contributed by atoms with Crippen molar-refractivity contribution in [3.05, 3.63) is 24.3 Å². The second-order valence-corrected chi connectivity index (χ2v) is 6.62. The van der Waals surface area contributed by atoms with Crippen LogP contribution in [0.1, 0.15) is 77.6 Å². The van der Waals surface area contributed by atoms with Gasteiger partial charge in [0.1, 0.15) is 0 Å². The fourth-order valence-electron chi connectivity index (χ4n) is 2.40. The molecule has 0 bridgehead atoms. The van der Waals surface area contributed by atoms with Gasteiger partial charge in [-0.2, -0.15) is 0 Å². The van der Waals surface area contributed by atoms with Crippen molar-refractivity contribution in [2.45, 2.75) is 89.8 Å². The number of hydrogen-bond donors (Lipinski definition) is 3. The lowest BCUT2D eigenvalue weighted by Crippen LogP contribution is -2.33. The van der Waals surface area contributed by atoms with Crippen LogP contribution < -0.4 is 0 Å². The van der Waals surface area contributed by atoms with Crippen LogP contribution in [0.25, 0.3) is 0 Å². The van der Waals surface area contributed by atoms with E-state index in [0.717, 1.165) is 38.5 Å². The SMILES string of the molecule is CCCCC/C=C\C/C=C\CCCCCCC(O)C(=O)OC(=O)C(O)CO. The Morgan fingerprint density at radius 1 is 0.815 bits per heavy atom. The molecule has 0 rings (SSSR count). The molecule has 0 aromatic rings. The molecule has 0 aromatic heterocycles. The van der Waals surface area contributed by atoms with Crippen molar-refractivity contribution in [3.8, 4) is 0 Å². The van der Waals surface area contributed by atoms with Gasteiger partial charge >= 0.3 is 11.9 Å². The third-order valence-corrected chi connectivity index (χ3v) is 4.10. The first kappa shape index (κ1) is 25.5. The number of esters is 2. The number of carbonyl (C=O) groups is 2. The van der Waals surface area contributed by atoms with Crippen LogP contribution in [-0.4, -0.2) is 46.1 Å². The average Bonchev–Trinajstić information content (AvgIpc) is 2.67. The van der Waals surface area contributed by atoms with Crippen molar-refractivity contribution in [2.24, 2.45) is 0 Å². The molecule has 27 heavy (non-hydrogen) atoms. The van der Waals surface area contributed by atoms with E-state index in [1.165, 1.54) is 19.3 Å². The van der Waals surface area contributed by atoms with Gasteiger partial charge in [0.15, 0.2) is 12.2 Å². The van der Waals surface area contributed by atoms with Crippen molar-refractivity contribution in [1.82, 2.24) is 0 Å². The third kappa shape index (κ3) is 15.3. The second kappa shape index (κ2) is 17.9. The molecule has 6 nitrogen and oxygen atoms in total. The van der Waals surface area contributed by atoms with Crippen LogP contribution in [0.4, 0.5) is 0 Å². The molecule has 2 atom stereocenters. The molecular weight excluding hydrogens is 348 g/mol. The first-order valence-corrected chi connectivity index (χ1v) is 10.0. The van der Waals surface area contributed by atoms with Crippen LogP contribution >= 0.6 is 0 Å². The Bertz CT molecular complexity index is 444. The molecule has 6 heteroatoms. The van der Waals surface area contributed by atoms with Gasteiger partial charge in [0.25, 0.3) is 0 Å². The van der Waals surface area contributed by atoms with Crippen molar-refractivity contribution in [2.75, 3.05) is 6.61 Å². The van der Waals surface area contributed by atoms with Crippen LogP contribution in [0.2, 0.25) is 0 Å². The van der Waals surface area contributed by atoms with E-state index in [1.807, 2.05) is 0 Å². The Morgan fingerprint density at radius 3 is 1.96 bits per heavy atom. The van der Waals surface area contributed by atoms with Crippen LogP contribution in [0.15, 0.2) is 24.3 Å². The molecule has 0 aliphatic rings. The van der Waals surface area contributed by atoms with Crippen molar-refractivity contribution >= 4 is 11.9 Å². The summed E-state index contributed by atoms with van der Waals surface area (Å²) in [7, 11) is 0. The maximum absolute atomic E-state index is 11.4. The minimum atomic E-state index is -1.76. The van der Waals surface area contributed by atoms with Gasteiger partial charge in [0.05, 0.1) is 6.61 Å². The summed E-state index contributed by atoms with van der Waals surface area (Å²) in [6.07, 6.45) is 16.4. The maximum Gasteiger partial charge on any atom is 0.345 e. The van der Waals surface area contributed by atoms with Gasteiger partial charge < -0.3 is 20.1 Å². The summed E-state index contributed by atoms with van der Waals surface area (Å²) >= 11 is 0. The highest BCUT2D eigenvalue weighted by Gasteiger charge is 2.23. The zero-order valence-electron chi connectivity index (χ0n) is 16.5. The van der Waals surface area contributed by atoms with Crippen LogP contribution in [-0.2, 0) is 14.3 Å². The average molecular weight is 385 g/mol. The molecule has 0 aliphatic heterocycles. The predicted octanol–water partition coefficient (Wildman–Crippen LogP) is 3.19. The third-order valence-electron chi connectivity index (χ3n) is 4.10. The van der Waals surface area contributed by atoms with Crippen molar-refractivity contribution in [3.63, 3.8) is 0 Å². The summed E-state index contributed by atoms with van der Waals surface area (Å²) in [6, 6.07) is 0. The fraction of sp³-hybridized carbons (Fsp3) is 0.714. The Hall–Kier alpha value is -1.50. The summed E-state index contributed by atoms with van der Waals surface area (Å²) in [6.45, 7) is 1.38. The molecule has 0 saturated carbocycles. The summed E-state index contributed by atoms with van der Waals surface area (Å²) in [5.41, 5.74) is 0. The van der Waals surface area contributed by atoms with Gasteiger partial charge in [0, 0.05) is 0 Å². The highest BCUT2D eigenvalue weighted by atomic mass is 16.6. The first-order valence-electron chi connectivity index (χ1n) is 10.0. The molecule has 156 valence electrons. The molecule has 0 amide bonds. The maximum atomic E-state index is 11.4. The molecule has 2 unspecified atom stereocenters. The van der Waals surface area contributed by atoms with Gasteiger partial charge in [0.2, 0.25) is 0 Å². The van der Waals surface area contributed by atoms with E-state index in [1.54, 1.807) is 0 Å². The number of rotatable bonds is 16. The normalized spacial score (nSPS) is 13.9. The number of hydrogen-bond acceptors (Lipinski definition) is 6. The van der Waals surface area contributed by atoms with Gasteiger partial charge in [-0.15, -0.1) is 0 Å². The van der Waals surface area contributed by atoms with E-state index in [2.05, 4.69) is 36.0 Å². The molecule has 0 spiro atoms. The van der Waals surface area contributed by atoms with E-state index < -0.39 is 30.8 Å². The van der Waals surface area contributed by atoms with Crippen LogP contribution in [0.5, 0.6) is 0 Å². The van der Waals surface area contributed by atoms with Gasteiger partial charge in [-0.25, -0.2) is 9.59 Å². The smallest absolute Gasteiger partial charge is 0.345 e. The lowest BCUT2D eigenvalue weighted by atomic mass is 10.1. The first-order chi connectivity index (χ1) is 13.0. The van der Waals surface area contributed by atoms with E-state index in [9.17, 15) is 14.7 Å². The Morgan fingerprint density at radius 2 is 1.37 bits per heavy atom. The van der Waals surface area contributed by atoms with E-state index in [4.69, 9.17) is 10.2 Å². The van der Waals surface area contributed by atoms with Crippen molar-refractivity contribution in [1.29, 1.82) is 0 Å². The van der Waals surface area contributed by atoms with Crippen LogP contribution in [0.3, 0.4) is 0 Å². The Labute approximate surface area is 162 Å². The molecule has 3 N–H and O–H groups in total. The zero-order valence-corrected chi connectivity index (χ0v) is 16.5. The highest BCUT2D eigenvalue weighted by Crippen LogP contribution is 2.09. The molecule has 0 saturated heterocycles. The number of aliphatic hydroxyl groups is 3. The number of allylic oxidation sites excluding steroid dienone is 4. The Kier molecular flexibility index (Phi) is 16.9. The van der Waals surface area contributed by atoms with Gasteiger partial charge in [-0.3, -0.25) is 0 Å². The molecule has 0 heterocycles. The van der Waals surface area contributed by atoms with Gasteiger partial charge in [-0.1, -0.05) is 63.3 Å². The largest absolute Gasteiger partial charge is 0.393 e. The lowest BCUT2D eigenvalue weighted by molar-refractivity contribution is -0.172. The summed E-state index contributed by atoms with van der Waals surface area (Å²) < 4.78 is 4.28. The molecule has 0 radical (unpaired) electrons. The number of ether oxygens (including phenoxy) is 1. The summed E-state index contributed by atoms with van der Waals surface area (Å²) in [5.74, 6) is -2.33. The lowest BCUT2D eigenvalue weighted by Gasteiger charge is -2.11. The van der Waals surface area contributed by atoms with E-state index in [0.29, 0.717) is 6.42 Å². The quantitative estimate of drug-likeness (QED) is 0.163. The monoisotopic (exact) mass is 384 g/mol. The molecular formula is C21H36O6. The Balaban J connectivity index is 3.58. The summed E-state index contributed by atoms with van der Waals surface area (Å²) in [5, 5.41) is 27.2. The van der Waals surface area contributed by atoms with Gasteiger partial charge in [-0.05, 0) is 38.5 Å². The van der Waals surface area contributed by atoms with E-state index >= 15 is 0 Å². The zero-order chi connectivity index (χ0) is 20.3. The summed E-state index contributed by atoms with van der Waals surface area (Å²) in [4.78, 5) is 22.6. The topological polar surface area (TPSA) is 104 Å². The second-order valence-electron chi connectivity index (χ2n) is 6.62. The van der Waals surface area contributed by atoms with Crippen molar-refractivity contribution < 1.29 is 29.6 Å². The minimum absolute atomic E-state index is 0.208.